The van der Waals surface area contributed by atoms with Crippen LogP contribution in [-0.4, -0.2) is 25.1 Å². The molecule has 2 aromatic rings. The Kier molecular flexibility index (Phi) is 5.63. The fourth-order valence-electron chi connectivity index (χ4n) is 1.83. The second-order valence-corrected chi connectivity index (χ2v) is 6.52. The third kappa shape index (κ3) is 4.46. The quantitative estimate of drug-likeness (QED) is 0.828. The average Bonchev–Trinajstić information content (AvgIpc) is 2.94. The normalized spacial score (nSPS) is 11.7. The Hall–Kier alpha value is -2.05. The monoisotopic (exact) mass is 353 g/mol. The third-order valence-electron chi connectivity index (χ3n) is 3.01. The van der Waals surface area contributed by atoms with Gasteiger partial charge in [0.15, 0.2) is 6.10 Å². The van der Waals surface area contributed by atoms with E-state index in [1.54, 1.807) is 24.3 Å². The van der Waals surface area contributed by atoms with Gasteiger partial charge < -0.3 is 14.8 Å². The number of thiophene rings is 1. The van der Waals surface area contributed by atoms with E-state index in [4.69, 9.17) is 21.1 Å². The second-order valence-electron chi connectivity index (χ2n) is 4.79. The number of amides is 1. The van der Waals surface area contributed by atoms with Gasteiger partial charge in [-0.3, -0.25) is 4.79 Å². The Morgan fingerprint density at radius 1 is 1.26 bits per heavy atom. The highest BCUT2D eigenvalue weighted by Crippen LogP contribution is 2.28. The third-order valence-corrected chi connectivity index (χ3v) is 4.23. The first-order valence-corrected chi connectivity index (χ1v) is 8.02. The minimum absolute atomic E-state index is 0.417. The highest BCUT2D eigenvalue weighted by Gasteiger charge is 2.21. The maximum Gasteiger partial charge on any atom is 0.349 e. The lowest BCUT2D eigenvalue weighted by Crippen LogP contribution is -2.29. The highest BCUT2D eigenvalue weighted by atomic mass is 35.5. The number of anilines is 1. The molecule has 0 aliphatic carbocycles. The number of nitrogens with one attached hydrogen (secondary N) is 1. The summed E-state index contributed by atoms with van der Waals surface area (Å²) in [7, 11) is 1.49. The van der Waals surface area contributed by atoms with E-state index in [1.165, 1.54) is 25.4 Å². The molecule has 0 unspecified atom stereocenters. The number of rotatable bonds is 5. The van der Waals surface area contributed by atoms with Gasteiger partial charge >= 0.3 is 5.97 Å². The van der Waals surface area contributed by atoms with E-state index in [9.17, 15) is 9.59 Å². The summed E-state index contributed by atoms with van der Waals surface area (Å²) in [6.45, 7) is 3.40. The molecule has 23 heavy (non-hydrogen) atoms. The molecule has 1 aromatic carbocycles. The van der Waals surface area contributed by atoms with Crippen molar-refractivity contribution in [1.82, 2.24) is 0 Å². The molecule has 7 heteroatoms. The van der Waals surface area contributed by atoms with Crippen molar-refractivity contribution >= 4 is 40.5 Å². The molecule has 1 heterocycles. The fourth-order valence-corrected chi connectivity index (χ4v) is 2.75. The number of carbonyl (C=O) groups excluding carboxylic acids is 2. The Morgan fingerprint density at radius 3 is 2.61 bits per heavy atom. The second kappa shape index (κ2) is 7.48. The van der Waals surface area contributed by atoms with Crippen LogP contribution in [0.5, 0.6) is 5.75 Å². The van der Waals surface area contributed by atoms with E-state index in [0.29, 0.717) is 21.3 Å². The van der Waals surface area contributed by atoms with Crippen LogP contribution in [0.2, 0.25) is 5.02 Å². The number of halogens is 1. The molecular formula is C16H16ClNO4S. The van der Waals surface area contributed by atoms with Crippen LogP contribution in [0.25, 0.3) is 0 Å². The number of methoxy groups -OCH3 is 1. The Bertz CT molecular complexity index is 729. The van der Waals surface area contributed by atoms with Gasteiger partial charge in [0.05, 0.1) is 12.8 Å². The molecule has 1 atom stereocenters. The van der Waals surface area contributed by atoms with Gasteiger partial charge in [-0.15, -0.1) is 11.3 Å². The molecule has 0 aliphatic heterocycles. The van der Waals surface area contributed by atoms with Crippen LogP contribution >= 0.6 is 22.9 Å². The van der Waals surface area contributed by atoms with Gasteiger partial charge in [0.2, 0.25) is 0 Å². The van der Waals surface area contributed by atoms with Gasteiger partial charge in [0.25, 0.3) is 5.91 Å². The van der Waals surface area contributed by atoms with E-state index in [1.807, 2.05) is 13.0 Å². The maximum atomic E-state index is 12.2. The number of hydrogen-bond donors (Lipinski definition) is 1. The number of esters is 1. The first-order valence-electron chi connectivity index (χ1n) is 6.82. The lowest BCUT2D eigenvalue weighted by Gasteiger charge is -2.15. The molecule has 5 nitrogen and oxygen atoms in total. The summed E-state index contributed by atoms with van der Waals surface area (Å²) in [5, 5.41) is 3.10. The average molecular weight is 354 g/mol. The Balaban J connectivity index is 2.03. The van der Waals surface area contributed by atoms with Crippen molar-refractivity contribution in [3.63, 3.8) is 0 Å². The van der Waals surface area contributed by atoms with Crippen molar-refractivity contribution in [3.8, 4) is 5.75 Å². The molecule has 1 N–H and O–H groups in total. The molecule has 2 rings (SSSR count). The minimum Gasteiger partial charge on any atom is -0.495 e. The standard InChI is InChI=1S/C16H16ClNO4S/c1-9-4-7-14(23-9)16(20)22-10(2)15(19)18-12-8-11(17)5-6-13(12)21-3/h4-8,10H,1-3H3,(H,18,19)/t10-/m0/s1. The van der Waals surface area contributed by atoms with Crippen molar-refractivity contribution in [2.75, 3.05) is 12.4 Å². The van der Waals surface area contributed by atoms with Crippen molar-refractivity contribution in [3.05, 3.63) is 45.1 Å². The fraction of sp³-hybridized carbons (Fsp3) is 0.250. The van der Waals surface area contributed by atoms with Crippen LogP contribution in [-0.2, 0) is 9.53 Å². The number of ether oxygens (including phenoxy) is 2. The lowest BCUT2D eigenvalue weighted by molar-refractivity contribution is -0.123. The van der Waals surface area contributed by atoms with Gasteiger partial charge in [-0.05, 0) is 44.2 Å². The molecule has 0 aliphatic rings. The SMILES string of the molecule is COc1ccc(Cl)cc1NC(=O)[C@H](C)OC(=O)c1ccc(C)s1. The summed E-state index contributed by atoms with van der Waals surface area (Å²) in [6, 6.07) is 8.35. The highest BCUT2D eigenvalue weighted by molar-refractivity contribution is 7.13. The summed E-state index contributed by atoms with van der Waals surface area (Å²) >= 11 is 7.23. The van der Waals surface area contributed by atoms with Crippen LogP contribution in [0.1, 0.15) is 21.5 Å². The summed E-state index contributed by atoms with van der Waals surface area (Å²) < 4.78 is 10.3. The van der Waals surface area contributed by atoms with Gasteiger partial charge in [-0.1, -0.05) is 11.6 Å². The van der Waals surface area contributed by atoms with E-state index < -0.39 is 18.0 Å². The van der Waals surface area contributed by atoms with E-state index in [-0.39, 0.29) is 0 Å². The summed E-state index contributed by atoms with van der Waals surface area (Å²) in [4.78, 5) is 25.6. The van der Waals surface area contributed by atoms with Crippen molar-refractivity contribution in [1.29, 1.82) is 0 Å². The molecule has 0 spiro atoms. The van der Waals surface area contributed by atoms with Crippen LogP contribution in [0.3, 0.4) is 0 Å². The van der Waals surface area contributed by atoms with Crippen LogP contribution in [0.15, 0.2) is 30.3 Å². The van der Waals surface area contributed by atoms with Crippen LogP contribution in [0, 0.1) is 6.92 Å². The van der Waals surface area contributed by atoms with Crippen molar-refractivity contribution < 1.29 is 19.1 Å². The minimum atomic E-state index is -0.950. The zero-order valence-electron chi connectivity index (χ0n) is 12.9. The smallest absolute Gasteiger partial charge is 0.349 e. The maximum absolute atomic E-state index is 12.2. The number of carbonyl (C=O) groups is 2. The van der Waals surface area contributed by atoms with E-state index in [2.05, 4.69) is 5.32 Å². The Labute approximate surface area is 143 Å². The molecule has 0 saturated carbocycles. The number of hydrogen-bond acceptors (Lipinski definition) is 5. The molecule has 0 bridgehead atoms. The zero-order valence-corrected chi connectivity index (χ0v) is 14.5. The van der Waals surface area contributed by atoms with Gasteiger partial charge in [0.1, 0.15) is 10.6 Å². The predicted octanol–water partition coefficient (Wildman–Crippen LogP) is 3.90. The molecule has 1 amide bonds. The summed E-state index contributed by atoms with van der Waals surface area (Å²) in [6.07, 6.45) is -0.950. The van der Waals surface area contributed by atoms with Gasteiger partial charge in [0, 0.05) is 9.90 Å². The summed E-state index contributed by atoms with van der Waals surface area (Å²) in [5.74, 6) is -0.522. The Morgan fingerprint density at radius 2 is 2.00 bits per heavy atom. The number of aryl methyl sites for hydroxylation is 1. The lowest BCUT2D eigenvalue weighted by atomic mass is 10.2. The predicted molar refractivity (Wildman–Crippen MR) is 90.6 cm³/mol. The molecule has 1 aromatic heterocycles. The topological polar surface area (TPSA) is 64.6 Å². The summed E-state index contributed by atoms with van der Waals surface area (Å²) in [5.41, 5.74) is 0.417. The molecular weight excluding hydrogens is 338 g/mol. The van der Waals surface area contributed by atoms with Gasteiger partial charge in [-0.25, -0.2) is 4.79 Å². The first kappa shape index (κ1) is 17.3. The molecule has 0 fully saturated rings. The van der Waals surface area contributed by atoms with Crippen molar-refractivity contribution in [2.45, 2.75) is 20.0 Å². The molecule has 122 valence electrons. The zero-order chi connectivity index (χ0) is 17.0. The van der Waals surface area contributed by atoms with Crippen LogP contribution < -0.4 is 10.1 Å². The number of benzene rings is 1. The molecule has 0 saturated heterocycles. The largest absolute Gasteiger partial charge is 0.495 e. The van der Waals surface area contributed by atoms with Crippen molar-refractivity contribution in [2.24, 2.45) is 0 Å². The van der Waals surface area contributed by atoms with Crippen LogP contribution in [0.4, 0.5) is 5.69 Å². The first-order chi connectivity index (χ1) is 10.9. The van der Waals surface area contributed by atoms with E-state index >= 15 is 0 Å². The van der Waals surface area contributed by atoms with Gasteiger partial charge in [-0.2, -0.15) is 0 Å². The molecule has 0 radical (unpaired) electrons. The van der Waals surface area contributed by atoms with E-state index in [0.717, 1.165) is 4.88 Å².